The van der Waals surface area contributed by atoms with E-state index in [9.17, 15) is 0 Å². The molecule has 1 aliphatic rings. The summed E-state index contributed by atoms with van der Waals surface area (Å²) in [5.74, 6) is 0.605. The van der Waals surface area contributed by atoms with E-state index in [0.29, 0.717) is 12.0 Å². The quantitative estimate of drug-likeness (QED) is 0.651. The molecule has 3 nitrogen and oxygen atoms in total. The van der Waals surface area contributed by atoms with Crippen molar-refractivity contribution < 1.29 is 4.74 Å². The molecule has 0 saturated carbocycles. The standard InChI is InChI=1S/C13H26N2O/c1-5-11(3)13(6-2)14-15-9-7-8-12(15)10-16-4/h11-12H,5-10H2,1-4H3/b14-13+/t11-,12+/m1/s1. The molecule has 94 valence electrons. The van der Waals surface area contributed by atoms with Crippen LogP contribution < -0.4 is 0 Å². The Hall–Kier alpha value is -0.570. The van der Waals surface area contributed by atoms with E-state index in [4.69, 9.17) is 9.84 Å². The Kier molecular flexibility index (Phi) is 5.81. The van der Waals surface area contributed by atoms with Crippen LogP contribution in [0.5, 0.6) is 0 Å². The number of ether oxygens (including phenoxy) is 1. The Morgan fingerprint density at radius 2 is 2.25 bits per heavy atom. The predicted molar refractivity (Wildman–Crippen MR) is 68.8 cm³/mol. The Morgan fingerprint density at radius 1 is 1.50 bits per heavy atom. The maximum absolute atomic E-state index is 5.25. The summed E-state index contributed by atoms with van der Waals surface area (Å²) >= 11 is 0. The topological polar surface area (TPSA) is 24.8 Å². The first-order valence-corrected chi connectivity index (χ1v) is 6.55. The van der Waals surface area contributed by atoms with Crippen LogP contribution in [0.2, 0.25) is 0 Å². The highest BCUT2D eigenvalue weighted by Gasteiger charge is 2.23. The molecule has 1 rings (SSSR count). The van der Waals surface area contributed by atoms with E-state index in [-0.39, 0.29) is 0 Å². The molecule has 2 atom stereocenters. The van der Waals surface area contributed by atoms with E-state index in [1.807, 2.05) is 0 Å². The van der Waals surface area contributed by atoms with Crippen LogP contribution in [0, 0.1) is 5.92 Å². The van der Waals surface area contributed by atoms with E-state index in [1.54, 1.807) is 7.11 Å². The molecule has 1 aliphatic heterocycles. The van der Waals surface area contributed by atoms with Gasteiger partial charge in [-0.1, -0.05) is 20.8 Å². The Morgan fingerprint density at radius 3 is 2.81 bits per heavy atom. The Bertz CT molecular complexity index is 228. The third-order valence-electron chi connectivity index (χ3n) is 3.51. The predicted octanol–water partition coefficient (Wildman–Crippen LogP) is 2.91. The van der Waals surface area contributed by atoms with Gasteiger partial charge in [-0.05, 0) is 31.6 Å². The smallest absolute Gasteiger partial charge is 0.0704 e. The van der Waals surface area contributed by atoms with E-state index in [0.717, 1.165) is 19.6 Å². The van der Waals surface area contributed by atoms with Crippen LogP contribution in [0.1, 0.15) is 46.5 Å². The summed E-state index contributed by atoms with van der Waals surface area (Å²) < 4.78 is 5.25. The van der Waals surface area contributed by atoms with Gasteiger partial charge in [-0.25, -0.2) is 0 Å². The summed E-state index contributed by atoms with van der Waals surface area (Å²) in [5.41, 5.74) is 1.34. The van der Waals surface area contributed by atoms with Crippen LogP contribution in [0.4, 0.5) is 0 Å². The van der Waals surface area contributed by atoms with Gasteiger partial charge in [0.15, 0.2) is 0 Å². The molecule has 1 fully saturated rings. The highest BCUT2D eigenvalue weighted by molar-refractivity contribution is 5.86. The van der Waals surface area contributed by atoms with Gasteiger partial charge in [0, 0.05) is 19.4 Å². The molecule has 0 N–H and O–H groups in total. The summed E-state index contributed by atoms with van der Waals surface area (Å²) in [7, 11) is 1.77. The van der Waals surface area contributed by atoms with Crippen molar-refractivity contribution in [2.24, 2.45) is 11.0 Å². The monoisotopic (exact) mass is 226 g/mol. The lowest BCUT2D eigenvalue weighted by molar-refractivity contribution is 0.117. The zero-order valence-corrected chi connectivity index (χ0v) is 11.2. The first-order valence-electron chi connectivity index (χ1n) is 6.55. The molecule has 3 heteroatoms. The molecule has 0 bridgehead atoms. The number of hydrazone groups is 1. The fourth-order valence-electron chi connectivity index (χ4n) is 2.23. The van der Waals surface area contributed by atoms with Crippen LogP contribution in [-0.4, -0.2) is 37.0 Å². The summed E-state index contributed by atoms with van der Waals surface area (Å²) in [6, 6.07) is 0.496. The second kappa shape index (κ2) is 6.89. The van der Waals surface area contributed by atoms with Crippen molar-refractivity contribution in [1.82, 2.24) is 5.01 Å². The molecule has 0 aromatic rings. The average molecular weight is 226 g/mol. The molecule has 0 amide bonds. The molecular formula is C13H26N2O. The van der Waals surface area contributed by atoms with Gasteiger partial charge < -0.3 is 4.74 Å². The normalized spacial score (nSPS) is 23.9. The molecule has 0 aromatic carbocycles. The van der Waals surface area contributed by atoms with Crippen LogP contribution in [0.15, 0.2) is 5.10 Å². The summed E-state index contributed by atoms with van der Waals surface area (Å²) in [4.78, 5) is 0. The molecule has 0 spiro atoms. The molecule has 0 aromatic heterocycles. The van der Waals surface area contributed by atoms with E-state index >= 15 is 0 Å². The van der Waals surface area contributed by atoms with Crippen LogP contribution in [0.25, 0.3) is 0 Å². The second-order valence-electron chi connectivity index (χ2n) is 4.67. The Labute approximate surface area is 99.9 Å². The van der Waals surface area contributed by atoms with Crippen molar-refractivity contribution in [2.75, 3.05) is 20.3 Å². The van der Waals surface area contributed by atoms with Crippen molar-refractivity contribution >= 4 is 5.71 Å². The second-order valence-corrected chi connectivity index (χ2v) is 4.67. The zero-order chi connectivity index (χ0) is 12.0. The van der Waals surface area contributed by atoms with Crippen molar-refractivity contribution in [3.63, 3.8) is 0 Å². The first-order chi connectivity index (χ1) is 7.72. The van der Waals surface area contributed by atoms with Gasteiger partial charge in [0.25, 0.3) is 0 Å². The van der Waals surface area contributed by atoms with Gasteiger partial charge in [-0.3, -0.25) is 5.01 Å². The molecule has 16 heavy (non-hydrogen) atoms. The van der Waals surface area contributed by atoms with E-state index in [2.05, 4.69) is 25.8 Å². The zero-order valence-electron chi connectivity index (χ0n) is 11.2. The van der Waals surface area contributed by atoms with Gasteiger partial charge in [0.2, 0.25) is 0 Å². The fourth-order valence-corrected chi connectivity index (χ4v) is 2.23. The highest BCUT2D eigenvalue weighted by atomic mass is 16.5. The SMILES string of the molecule is CC/C(=N\N1CCC[C@H]1COC)[C@H](C)CC. The lowest BCUT2D eigenvalue weighted by Crippen LogP contribution is -2.30. The van der Waals surface area contributed by atoms with Crippen molar-refractivity contribution in [3.05, 3.63) is 0 Å². The third kappa shape index (κ3) is 3.48. The van der Waals surface area contributed by atoms with Gasteiger partial charge in [-0.2, -0.15) is 5.10 Å². The summed E-state index contributed by atoms with van der Waals surface area (Å²) in [6.45, 7) is 8.59. The van der Waals surface area contributed by atoms with Gasteiger partial charge in [0.1, 0.15) is 0 Å². The number of methoxy groups -OCH3 is 1. The largest absolute Gasteiger partial charge is 0.382 e. The summed E-state index contributed by atoms with van der Waals surface area (Å²) in [6.07, 6.45) is 4.70. The Balaban J connectivity index is 2.63. The molecule has 1 saturated heterocycles. The number of hydrogen-bond donors (Lipinski definition) is 0. The number of rotatable bonds is 6. The number of nitrogens with zero attached hydrogens (tertiary/aromatic N) is 2. The van der Waals surface area contributed by atoms with Crippen LogP contribution >= 0.6 is 0 Å². The highest BCUT2D eigenvalue weighted by Crippen LogP contribution is 2.19. The van der Waals surface area contributed by atoms with Crippen LogP contribution in [-0.2, 0) is 4.74 Å². The van der Waals surface area contributed by atoms with Gasteiger partial charge in [0.05, 0.1) is 12.6 Å². The van der Waals surface area contributed by atoms with E-state index in [1.165, 1.54) is 25.0 Å². The molecular weight excluding hydrogens is 200 g/mol. The first kappa shape index (κ1) is 13.5. The fraction of sp³-hybridized carbons (Fsp3) is 0.923. The van der Waals surface area contributed by atoms with E-state index < -0.39 is 0 Å². The van der Waals surface area contributed by atoms with Gasteiger partial charge in [-0.15, -0.1) is 0 Å². The minimum absolute atomic E-state index is 0.496. The molecule has 0 aliphatic carbocycles. The molecule has 0 radical (unpaired) electrons. The maximum atomic E-state index is 5.25. The lowest BCUT2D eigenvalue weighted by Gasteiger charge is -2.23. The number of hydrogen-bond acceptors (Lipinski definition) is 3. The molecule has 0 unspecified atom stereocenters. The minimum atomic E-state index is 0.496. The van der Waals surface area contributed by atoms with Gasteiger partial charge >= 0.3 is 0 Å². The van der Waals surface area contributed by atoms with Crippen molar-refractivity contribution in [3.8, 4) is 0 Å². The minimum Gasteiger partial charge on any atom is -0.382 e. The summed E-state index contributed by atoms with van der Waals surface area (Å²) in [5, 5.41) is 7.08. The third-order valence-corrected chi connectivity index (χ3v) is 3.51. The maximum Gasteiger partial charge on any atom is 0.0704 e. The average Bonchev–Trinajstić information content (AvgIpc) is 2.73. The van der Waals surface area contributed by atoms with Crippen molar-refractivity contribution in [1.29, 1.82) is 0 Å². The van der Waals surface area contributed by atoms with Crippen molar-refractivity contribution in [2.45, 2.75) is 52.5 Å². The van der Waals surface area contributed by atoms with Crippen LogP contribution in [0.3, 0.4) is 0 Å². The molecule has 1 heterocycles. The lowest BCUT2D eigenvalue weighted by atomic mass is 10.0.